The quantitative estimate of drug-likeness (QED) is 0.577. The number of hydrogen-bond donors (Lipinski definition) is 1. The lowest BCUT2D eigenvalue weighted by Gasteiger charge is -2.05. The minimum Gasteiger partial charge on any atom is -0.382 e. The Balaban J connectivity index is 1.96. The van der Waals surface area contributed by atoms with Gasteiger partial charge in [0.1, 0.15) is 0 Å². The van der Waals surface area contributed by atoms with Crippen molar-refractivity contribution in [1.82, 2.24) is 14.9 Å². The first-order chi connectivity index (χ1) is 8.86. The maximum absolute atomic E-state index is 5.46. The molecule has 0 aliphatic rings. The lowest BCUT2D eigenvalue weighted by atomic mass is 10.5. The van der Waals surface area contributed by atoms with Gasteiger partial charge in [-0.05, 0) is 7.05 Å². The molecule has 1 heterocycles. The van der Waals surface area contributed by atoms with Crippen LogP contribution in [-0.4, -0.2) is 56.7 Å². The van der Waals surface area contributed by atoms with Crippen molar-refractivity contribution in [3.8, 4) is 0 Å². The summed E-state index contributed by atoms with van der Waals surface area (Å²) in [6.45, 7) is 4.75. The molecule has 1 aromatic rings. The van der Waals surface area contributed by atoms with Crippen LogP contribution in [-0.2, 0) is 27.3 Å². The highest BCUT2D eigenvalue weighted by Crippen LogP contribution is 1.95. The van der Waals surface area contributed by atoms with Gasteiger partial charge in [-0.2, -0.15) is 0 Å². The maximum atomic E-state index is 5.46. The van der Waals surface area contributed by atoms with Crippen molar-refractivity contribution in [3.05, 3.63) is 18.2 Å². The van der Waals surface area contributed by atoms with E-state index in [4.69, 9.17) is 14.2 Å². The molecule has 0 aliphatic heterocycles. The molecule has 1 N–H and O–H groups in total. The number of rotatable bonds is 11. The van der Waals surface area contributed by atoms with Crippen LogP contribution in [0.1, 0.15) is 5.69 Å². The van der Waals surface area contributed by atoms with Crippen molar-refractivity contribution in [3.63, 3.8) is 0 Å². The van der Waals surface area contributed by atoms with Gasteiger partial charge in [0.05, 0.1) is 45.1 Å². The first-order valence-corrected chi connectivity index (χ1v) is 6.16. The summed E-state index contributed by atoms with van der Waals surface area (Å²) >= 11 is 0. The number of aromatic nitrogens is 2. The van der Waals surface area contributed by atoms with Crippen LogP contribution in [0.15, 0.2) is 12.5 Å². The van der Waals surface area contributed by atoms with Gasteiger partial charge in [0.2, 0.25) is 0 Å². The second-order valence-corrected chi connectivity index (χ2v) is 3.85. The van der Waals surface area contributed by atoms with Crippen LogP contribution in [0, 0.1) is 0 Å². The van der Waals surface area contributed by atoms with E-state index in [-0.39, 0.29) is 0 Å². The fourth-order valence-electron chi connectivity index (χ4n) is 1.44. The summed E-state index contributed by atoms with van der Waals surface area (Å²) in [5, 5.41) is 3.06. The summed E-state index contributed by atoms with van der Waals surface area (Å²) in [6.07, 6.45) is 3.85. The van der Waals surface area contributed by atoms with Gasteiger partial charge in [0.25, 0.3) is 0 Å². The Morgan fingerprint density at radius 3 is 2.61 bits per heavy atom. The van der Waals surface area contributed by atoms with Crippen molar-refractivity contribution in [1.29, 1.82) is 0 Å². The molecule has 0 bridgehead atoms. The largest absolute Gasteiger partial charge is 0.382 e. The van der Waals surface area contributed by atoms with Crippen molar-refractivity contribution in [2.24, 2.45) is 0 Å². The first-order valence-electron chi connectivity index (χ1n) is 6.16. The molecule has 0 saturated heterocycles. The third-order valence-corrected chi connectivity index (χ3v) is 2.34. The molecule has 0 aliphatic carbocycles. The van der Waals surface area contributed by atoms with Crippen molar-refractivity contribution >= 4 is 0 Å². The number of nitrogens with one attached hydrogen (secondary N) is 1. The molecule has 18 heavy (non-hydrogen) atoms. The average molecular weight is 257 g/mol. The summed E-state index contributed by atoms with van der Waals surface area (Å²) in [4.78, 5) is 4.26. The van der Waals surface area contributed by atoms with Crippen LogP contribution >= 0.6 is 0 Å². The summed E-state index contributed by atoms with van der Waals surface area (Å²) in [5.41, 5.74) is 1.04. The minimum absolute atomic E-state index is 0.609. The van der Waals surface area contributed by atoms with Gasteiger partial charge in [-0.15, -0.1) is 0 Å². The Bertz CT molecular complexity index is 305. The van der Waals surface area contributed by atoms with E-state index in [1.54, 1.807) is 7.11 Å². The molecule has 0 radical (unpaired) electrons. The molecule has 1 rings (SSSR count). The van der Waals surface area contributed by atoms with Gasteiger partial charge in [-0.3, -0.25) is 0 Å². The molecule has 0 spiro atoms. The Kier molecular flexibility index (Phi) is 8.41. The summed E-state index contributed by atoms with van der Waals surface area (Å²) in [7, 11) is 3.57. The van der Waals surface area contributed by atoms with Crippen molar-refractivity contribution in [2.45, 2.75) is 13.1 Å². The molecule has 0 saturated carbocycles. The van der Waals surface area contributed by atoms with Gasteiger partial charge in [0, 0.05) is 26.4 Å². The van der Waals surface area contributed by atoms with Crippen molar-refractivity contribution in [2.75, 3.05) is 47.2 Å². The molecule has 1 aromatic heterocycles. The zero-order valence-electron chi connectivity index (χ0n) is 11.2. The fraction of sp³-hybridized carbons (Fsp3) is 0.750. The molecule has 0 amide bonds. The van der Waals surface area contributed by atoms with E-state index in [1.165, 1.54) is 0 Å². The monoisotopic (exact) mass is 257 g/mol. The summed E-state index contributed by atoms with van der Waals surface area (Å²) in [5.74, 6) is 0. The number of hydrogen-bond acceptors (Lipinski definition) is 5. The highest BCUT2D eigenvalue weighted by molar-refractivity contribution is 4.95. The Hall–Kier alpha value is -0.950. The number of methoxy groups -OCH3 is 1. The van der Waals surface area contributed by atoms with E-state index in [2.05, 4.69) is 10.3 Å². The SMILES string of the molecule is CNCc1cn(CCOCCOCCOC)cn1. The second-order valence-electron chi connectivity index (χ2n) is 3.85. The highest BCUT2D eigenvalue weighted by atomic mass is 16.5. The van der Waals surface area contributed by atoms with Crippen LogP contribution in [0.4, 0.5) is 0 Å². The van der Waals surface area contributed by atoms with E-state index >= 15 is 0 Å². The van der Waals surface area contributed by atoms with Gasteiger partial charge < -0.3 is 24.1 Å². The predicted octanol–water partition coefficient (Wildman–Crippen LogP) is 0.282. The van der Waals surface area contributed by atoms with Crippen LogP contribution in [0.25, 0.3) is 0 Å². The molecule has 0 aromatic carbocycles. The van der Waals surface area contributed by atoms with Crippen LogP contribution < -0.4 is 5.32 Å². The Morgan fingerprint density at radius 2 is 1.89 bits per heavy atom. The van der Waals surface area contributed by atoms with E-state index in [9.17, 15) is 0 Å². The second kappa shape index (κ2) is 10.0. The van der Waals surface area contributed by atoms with Crippen LogP contribution in [0.5, 0.6) is 0 Å². The van der Waals surface area contributed by atoms with Gasteiger partial charge in [-0.1, -0.05) is 0 Å². The molecule has 6 heteroatoms. The lowest BCUT2D eigenvalue weighted by molar-refractivity contribution is 0.0230. The number of nitrogens with zero attached hydrogens (tertiary/aromatic N) is 2. The van der Waals surface area contributed by atoms with E-state index < -0.39 is 0 Å². The molecule has 0 fully saturated rings. The molecule has 0 atom stereocenters. The molecule has 6 nitrogen and oxygen atoms in total. The maximum Gasteiger partial charge on any atom is 0.0950 e. The average Bonchev–Trinajstić information content (AvgIpc) is 2.81. The van der Waals surface area contributed by atoms with Crippen LogP contribution in [0.3, 0.4) is 0 Å². The highest BCUT2D eigenvalue weighted by Gasteiger charge is 1.97. The first kappa shape index (κ1) is 15.1. The zero-order valence-corrected chi connectivity index (χ0v) is 11.2. The van der Waals surface area contributed by atoms with Crippen molar-refractivity contribution < 1.29 is 14.2 Å². The van der Waals surface area contributed by atoms with Gasteiger partial charge >= 0.3 is 0 Å². The predicted molar refractivity (Wildman–Crippen MR) is 68.5 cm³/mol. The minimum atomic E-state index is 0.609. The van der Waals surface area contributed by atoms with E-state index in [0.717, 1.165) is 18.8 Å². The Morgan fingerprint density at radius 1 is 1.17 bits per heavy atom. The zero-order chi connectivity index (χ0) is 13.1. The van der Waals surface area contributed by atoms with E-state index in [1.807, 2.05) is 24.1 Å². The molecular weight excluding hydrogens is 234 g/mol. The fourth-order valence-corrected chi connectivity index (χ4v) is 1.44. The van der Waals surface area contributed by atoms with E-state index in [0.29, 0.717) is 33.0 Å². The Labute approximate surface area is 108 Å². The van der Waals surface area contributed by atoms with Gasteiger partial charge in [-0.25, -0.2) is 4.98 Å². The lowest BCUT2D eigenvalue weighted by Crippen LogP contribution is -2.11. The number of ether oxygens (including phenoxy) is 3. The standard InChI is InChI=1S/C12H23N3O3/c1-13-9-12-10-15(11-14-12)3-4-17-7-8-18-6-5-16-2/h10-11,13H,3-9H2,1-2H3. The van der Waals surface area contributed by atoms with Gasteiger partial charge in [0.15, 0.2) is 0 Å². The van der Waals surface area contributed by atoms with Crippen LogP contribution in [0.2, 0.25) is 0 Å². The summed E-state index contributed by atoms with van der Waals surface area (Å²) < 4.78 is 17.6. The topological polar surface area (TPSA) is 57.5 Å². The third-order valence-electron chi connectivity index (χ3n) is 2.34. The molecule has 0 unspecified atom stereocenters. The molecular formula is C12H23N3O3. The third kappa shape index (κ3) is 6.70. The smallest absolute Gasteiger partial charge is 0.0950 e. The normalized spacial score (nSPS) is 11.0. The number of imidazole rings is 1. The molecule has 104 valence electrons. The summed E-state index contributed by atoms with van der Waals surface area (Å²) in [6, 6.07) is 0.